The van der Waals surface area contributed by atoms with E-state index in [1.54, 1.807) is 0 Å². The van der Waals surface area contributed by atoms with Crippen LogP contribution in [0.15, 0.2) is 0 Å². The predicted octanol–water partition coefficient (Wildman–Crippen LogP) is 2.68. The van der Waals surface area contributed by atoms with Crippen LogP contribution in [0.4, 0.5) is 26.3 Å². The van der Waals surface area contributed by atoms with Gasteiger partial charge >= 0.3 is 17.1 Å². The standard InChI is InChI=1S/2CF3.Cu/c2*2-1(3)4;/q2*-1;+2. The van der Waals surface area contributed by atoms with Crippen molar-refractivity contribution >= 4 is 0 Å². The Kier molecular flexibility index (Phi) is 19.6. The summed E-state index contributed by atoms with van der Waals surface area (Å²) in [6.07, 6.45) is 0. The maximum absolute atomic E-state index is 9.58. The topological polar surface area (TPSA) is 0 Å². The first-order valence-corrected chi connectivity index (χ1v) is 1.13. The monoisotopic (exact) mass is 201 g/mol. The fraction of sp³-hybridized carbons (Fsp3) is 0. The zero-order chi connectivity index (χ0) is 7.15. The molecule has 0 nitrogen and oxygen atoms in total. The van der Waals surface area contributed by atoms with Crippen molar-refractivity contribution in [1.82, 2.24) is 0 Å². The first-order valence-electron chi connectivity index (χ1n) is 1.13. The van der Waals surface area contributed by atoms with Crippen molar-refractivity contribution in [3.63, 3.8) is 0 Å². The second kappa shape index (κ2) is 11.0. The summed E-state index contributed by atoms with van der Waals surface area (Å²) in [4.78, 5) is 0. The van der Waals surface area contributed by atoms with E-state index in [0.717, 1.165) is 0 Å². The zero-order valence-corrected chi connectivity index (χ0v) is 4.51. The number of rotatable bonds is 0. The van der Waals surface area contributed by atoms with Crippen LogP contribution in [0.3, 0.4) is 0 Å². The van der Waals surface area contributed by atoms with E-state index in [-0.39, 0.29) is 17.1 Å². The summed E-state index contributed by atoms with van der Waals surface area (Å²) in [5, 5.41) is 0. The Labute approximate surface area is 57.7 Å². The van der Waals surface area contributed by atoms with E-state index in [0.29, 0.717) is 0 Å². The van der Waals surface area contributed by atoms with Crippen LogP contribution in [0.5, 0.6) is 0 Å². The molecule has 0 N–H and O–H groups in total. The number of hydrogen-bond donors (Lipinski definition) is 0. The molecule has 0 amide bonds. The predicted molar refractivity (Wildman–Crippen MR) is 13.1 cm³/mol. The Hall–Kier alpha value is 0.0995. The molecule has 9 heavy (non-hydrogen) atoms. The molecule has 0 atom stereocenters. The van der Waals surface area contributed by atoms with Crippen molar-refractivity contribution < 1.29 is 43.4 Å². The zero-order valence-electron chi connectivity index (χ0n) is 3.57. The van der Waals surface area contributed by atoms with Crippen LogP contribution in [-0.2, 0) is 17.1 Å². The van der Waals surface area contributed by atoms with E-state index in [4.69, 9.17) is 0 Å². The van der Waals surface area contributed by atoms with E-state index in [1.165, 1.54) is 0 Å². The molecule has 0 aliphatic rings. The van der Waals surface area contributed by atoms with Gasteiger partial charge in [-0.3, -0.25) is 0 Å². The second-order valence-electron chi connectivity index (χ2n) is 0.429. The Morgan fingerprint density at radius 3 is 0.556 bits per heavy atom. The minimum absolute atomic E-state index is 0. The minimum atomic E-state index is -3.08. The molecule has 1 radical (unpaired) electrons. The van der Waals surface area contributed by atoms with Gasteiger partial charge < -0.3 is 26.3 Å². The molecular formula is C2CuF6. The van der Waals surface area contributed by atoms with Crippen LogP contribution in [0.25, 0.3) is 0 Å². The van der Waals surface area contributed by atoms with Gasteiger partial charge in [0.1, 0.15) is 0 Å². The van der Waals surface area contributed by atoms with Gasteiger partial charge in [-0.15, -0.1) is 0 Å². The van der Waals surface area contributed by atoms with Crippen LogP contribution >= 0.6 is 0 Å². The Morgan fingerprint density at radius 2 is 0.556 bits per heavy atom. The molecule has 0 rings (SSSR count). The number of hydrogen-bond acceptors (Lipinski definition) is 0. The van der Waals surface area contributed by atoms with Crippen LogP contribution in [-0.4, -0.2) is 0 Å². The quantitative estimate of drug-likeness (QED) is 0.321. The number of halogens is 6. The molecule has 0 spiro atoms. The van der Waals surface area contributed by atoms with Gasteiger partial charge in [0.25, 0.3) is 0 Å². The van der Waals surface area contributed by atoms with Gasteiger partial charge in [0, 0.05) is 0 Å². The maximum Gasteiger partial charge on any atom is 2.00 e. The minimum Gasteiger partial charge on any atom is -0.385 e. The van der Waals surface area contributed by atoms with Gasteiger partial charge in [0.15, 0.2) is 13.4 Å². The Bertz CT molecular complexity index is 26.5. The summed E-state index contributed by atoms with van der Waals surface area (Å²) in [7, 11) is 0. The summed E-state index contributed by atoms with van der Waals surface area (Å²) in [5.74, 6) is 0. The van der Waals surface area contributed by atoms with Gasteiger partial charge in [-0.25, -0.2) is 0 Å². The van der Waals surface area contributed by atoms with E-state index < -0.39 is 13.4 Å². The van der Waals surface area contributed by atoms with Gasteiger partial charge in [0.05, 0.1) is 0 Å². The van der Waals surface area contributed by atoms with E-state index >= 15 is 0 Å². The molecule has 0 saturated heterocycles. The van der Waals surface area contributed by atoms with Crippen LogP contribution in [0.2, 0.25) is 0 Å². The summed E-state index contributed by atoms with van der Waals surface area (Å²) in [6.45, 7) is -6.17. The largest absolute Gasteiger partial charge is 2.00 e. The molecule has 0 aromatic heterocycles. The van der Waals surface area contributed by atoms with E-state index in [2.05, 4.69) is 0 Å². The fourth-order valence-electron chi connectivity index (χ4n) is 0. The first-order chi connectivity index (χ1) is 3.46. The Balaban J connectivity index is -0.0000000720. The van der Waals surface area contributed by atoms with Crippen molar-refractivity contribution in [2.24, 2.45) is 0 Å². The second-order valence-corrected chi connectivity index (χ2v) is 0.429. The molecule has 0 unspecified atom stereocenters. The molecule has 0 bridgehead atoms. The molecule has 7 heteroatoms. The summed E-state index contributed by atoms with van der Waals surface area (Å²) in [6, 6.07) is 0. The Morgan fingerprint density at radius 1 is 0.556 bits per heavy atom. The molecule has 0 heterocycles. The molecule has 0 aromatic carbocycles. The molecule has 0 saturated carbocycles. The third-order valence-electron chi connectivity index (χ3n) is 0. The van der Waals surface area contributed by atoms with Crippen molar-refractivity contribution in [3.8, 4) is 0 Å². The summed E-state index contributed by atoms with van der Waals surface area (Å²) < 4.78 is 57.5. The van der Waals surface area contributed by atoms with Gasteiger partial charge in [0.2, 0.25) is 0 Å². The SMILES string of the molecule is F[C-](F)F.F[C-](F)F.[Cu+2]. The van der Waals surface area contributed by atoms with Crippen molar-refractivity contribution in [3.05, 3.63) is 13.4 Å². The van der Waals surface area contributed by atoms with Gasteiger partial charge in [-0.2, -0.15) is 0 Å². The molecule has 0 aromatic rings. The average Bonchev–Trinajstić information content (AvgIpc) is 1.25. The molecule has 0 aliphatic carbocycles. The smallest absolute Gasteiger partial charge is 0.385 e. The normalized spacial score (nSPS) is 8.00. The first kappa shape index (κ1) is 16.0. The van der Waals surface area contributed by atoms with Crippen LogP contribution < -0.4 is 0 Å². The van der Waals surface area contributed by atoms with Crippen molar-refractivity contribution in [2.45, 2.75) is 0 Å². The maximum atomic E-state index is 9.58. The van der Waals surface area contributed by atoms with E-state index in [1.807, 2.05) is 0 Å². The third kappa shape index (κ3) is 30400. The summed E-state index contributed by atoms with van der Waals surface area (Å²) >= 11 is 0. The van der Waals surface area contributed by atoms with Crippen molar-refractivity contribution in [2.75, 3.05) is 0 Å². The van der Waals surface area contributed by atoms with Gasteiger partial charge in [-0.05, 0) is 0 Å². The third-order valence-corrected chi connectivity index (χ3v) is 0. The summed E-state index contributed by atoms with van der Waals surface area (Å²) in [5.41, 5.74) is 0. The van der Waals surface area contributed by atoms with Crippen molar-refractivity contribution in [1.29, 1.82) is 0 Å². The molecule has 0 aliphatic heterocycles. The fourth-order valence-corrected chi connectivity index (χ4v) is 0. The molecule has 0 fully saturated rings. The van der Waals surface area contributed by atoms with Gasteiger partial charge in [-0.1, -0.05) is 0 Å². The molecule has 61 valence electrons. The van der Waals surface area contributed by atoms with Crippen LogP contribution in [0.1, 0.15) is 0 Å². The molecular weight excluding hydrogens is 202 g/mol. The van der Waals surface area contributed by atoms with E-state index in [9.17, 15) is 26.3 Å². The van der Waals surface area contributed by atoms with Crippen LogP contribution in [0, 0.1) is 13.4 Å². The average molecular weight is 202 g/mol.